The van der Waals surface area contributed by atoms with Gasteiger partial charge >= 0.3 is 5.97 Å². The first-order valence-electron chi connectivity index (χ1n) is 8.46. The van der Waals surface area contributed by atoms with Crippen LogP contribution < -0.4 is 5.32 Å². The lowest BCUT2D eigenvalue weighted by Gasteiger charge is -2.11. The Hall–Kier alpha value is -2.34. The quantitative estimate of drug-likeness (QED) is 0.774. The number of hydrogen-bond donors (Lipinski definition) is 1. The smallest absolute Gasteiger partial charge is 0.343 e. The number of rotatable bonds is 6. The average molecular weight is 378 g/mol. The van der Waals surface area contributed by atoms with Crippen LogP contribution in [0.4, 0.5) is 5.69 Å². The molecule has 0 spiro atoms. The fourth-order valence-electron chi connectivity index (χ4n) is 2.64. The summed E-state index contributed by atoms with van der Waals surface area (Å²) in [4.78, 5) is 24.5. The van der Waals surface area contributed by atoms with E-state index in [0.717, 1.165) is 16.8 Å². The number of nitrogens with one attached hydrogen (secondary N) is 1. The molecule has 2 rings (SSSR count). The molecule has 7 heteroatoms. The minimum atomic E-state index is -0.654. The number of aryl methyl sites for hydroxylation is 3. The highest BCUT2D eigenvalue weighted by molar-refractivity contribution is 6.32. The summed E-state index contributed by atoms with van der Waals surface area (Å²) in [5, 5.41) is 7.28. The number of anilines is 1. The van der Waals surface area contributed by atoms with Crippen LogP contribution >= 0.6 is 11.6 Å². The lowest BCUT2D eigenvalue weighted by molar-refractivity contribution is -0.119. The molecule has 0 saturated carbocycles. The molecular weight excluding hydrogens is 354 g/mol. The average Bonchev–Trinajstić information content (AvgIpc) is 2.82. The van der Waals surface area contributed by atoms with Crippen molar-refractivity contribution in [3.05, 3.63) is 45.7 Å². The Morgan fingerprint density at radius 2 is 1.85 bits per heavy atom. The van der Waals surface area contributed by atoms with Crippen molar-refractivity contribution in [2.45, 2.75) is 41.2 Å². The van der Waals surface area contributed by atoms with Gasteiger partial charge in [0.25, 0.3) is 5.91 Å². The van der Waals surface area contributed by atoms with Crippen molar-refractivity contribution in [2.75, 3.05) is 11.9 Å². The Labute approximate surface area is 158 Å². The number of amides is 1. The third kappa shape index (κ3) is 4.64. The fourth-order valence-corrected chi connectivity index (χ4v) is 2.96. The molecule has 140 valence electrons. The molecule has 0 saturated heterocycles. The first kappa shape index (κ1) is 20.0. The first-order valence-corrected chi connectivity index (χ1v) is 8.84. The van der Waals surface area contributed by atoms with E-state index in [1.807, 2.05) is 45.9 Å². The van der Waals surface area contributed by atoms with Crippen LogP contribution in [0.3, 0.4) is 0 Å². The lowest BCUT2D eigenvalue weighted by atomic mass is 10.1. The van der Waals surface area contributed by atoms with Gasteiger partial charge in [0, 0.05) is 12.2 Å². The standard InChI is InChI=1S/C19H24ClN3O3/c1-11(2)9-23-18(20)16(14(5)22-23)19(25)26-10-15(24)21-17-12(3)7-6-8-13(17)4/h6-8,11H,9-10H2,1-5H3,(H,21,24). The minimum absolute atomic E-state index is 0.201. The van der Waals surface area contributed by atoms with Gasteiger partial charge in [-0.3, -0.25) is 9.48 Å². The number of benzene rings is 1. The first-order chi connectivity index (χ1) is 12.2. The number of halogens is 1. The second-order valence-corrected chi connectivity index (χ2v) is 7.08. The highest BCUT2D eigenvalue weighted by Crippen LogP contribution is 2.22. The molecule has 0 aliphatic carbocycles. The van der Waals surface area contributed by atoms with Crippen LogP contribution in [0.15, 0.2) is 18.2 Å². The molecule has 0 unspecified atom stereocenters. The Morgan fingerprint density at radius 3 is 2.42 bits per heavy atom. The molecule has 0 fully saturated rings. The number of hydrogen-bond acceptors (Lipinski definition) is 4. The van der Waals surface area contributed by atoms with Crippen LogP contribution in [-0.4, -0.2) is 28.3 Å². The summed E-state index contributed by atoms with van der Waals surface area (Å²) >= 11 is 6.25. The van der Waals surface area contributed by atoms with Gasteiger partial charge in [0.15, 0.2) is 6.61 Å². The maximum Gasteiger partial charge on any atom is 0.343 e. The van der Waals surface area contributed by atoms with E-state index in [-0.39, 0.29) is 10.7 Å². The maximum atomic E-state index is 12.3. The normalized spacial score (nSPS) is 10.9. The third-order valence-corrected chi connectivity index (χ3v) is 4.27. The van der Waals surface area contributed by atoms with Crippen LogP contribution in [0.5, 0.6) is 0 Å². The molecule has 1 aromatic carbocycles. The van der Waals surface area contributed by atoms with Crippen molar-refractivity contribution in [3.8, 4) is 0 Å². The maximum absolute atomic E-state index is 12.3. The van der Waals surface area contributed by atoms with Crippen molar-refractivity contribution in [3.63, 3.8) is 0 Å². The number of ether oxygens (including phenoxy) is 1. The molecule has 0 radical (unpaired) electrons. The summed E-state index contributed by atoms with van der Waals surface area (Å²) in [6.07, 6.45) is 0. The molecule has 1 aromatic heterocycles. The van der Waals surface area contributed by atoms with Gasteiger partial charge in [-0.1, -0.05) is 43.6 Å². The van der Waals surface area contributed by atoms with Gasteiger partial charge in [0.05, 0.1) is 5.69 Å². The van der Waals surface area contributed by atoms with E-state index in [0.29, 0.717) is 18.2 Å². The van der Waals surface area contributed by atoms with Crippen LogP contribution in [-0.2, 0) is 16.1 Å². The van der Waals surface area contributed by atoms with E-state index in [9.17, 15) is 9.59 Å². The van der Waals surface area contributed by atoms with E-state index in [1.54, 1.807) is 11.6 Å². The van der Waals surface area contributed by atoms with E-state index in [1.165, 1.54) is 0 Å². The Morgan fingerprint density at radius 1 is 1.23 bits per heavy atom. The van der Waals surface area contributed by atoms with Crippen molar-refractivity contribution in [2.24, 2.45) is 5.92 Å². The van der Waals surface area contributed by atoms with Crippen LogP contribution in [0.25, 0.3) is 0 Å². The summed E-state index contributed by atoms with van der Waals surface area (Å²) in [6.45, 7) is 9.77. The molecule has 26 heavy (non-hydrogen) atoms. The SMILES string of the molecule is Cc1cccc(C)c1NC(=O)COC(=O)c1c(C)nn(CC(C)C)c1Cl. The zero-order valence-corrected chi connectivity index (χ0v) is 16.5. The van der Waals surface area contributed by atoms with Gasteiger partial charge in [-0.2, -0.15) is 5.10 Å². The summed E-state index contributed by atoms with van der Waals surface area (Å²) in [5.74, 6) is -0.725. The summed E-state index contributed by atoms with van der Waals surface area (Å²) in [7, 11) is 0. The van der Waals surface area contributed by atoms with Gasteiger partial charge < -0.3 is 10.1 Å². The monoisotopic (exact) mass is 377 g/mol. The second-order valence-electron chi connectivity index (χ2n) is 6.72. The number of carbonyl (C=O) groups is 2. The molecule has 1 heterocycles. The number of nitrogens with zero attached hydrogens (tertiary/aromatic N) is 2. The van der Waals surface area contributed by atoms with E-state index in [2.05, 4.69) is 10.4 Å². The highest BCUT2D eigenvalue weighted by Gasteiger charge is 2.23. The molecule has 2 aromatic rings. The van der Waals surface area contributed by atoms with E-state index < -0.39 is 18.5 Å². The summed E-state index contributed by atoms with van der Waals surface area (Å²) in [5.41, 5.74) is 3.30. The van der Waals surface area contributed by atoms with E-state index >= 15 is 0 Å². The number of carbonyl (C=O) groups excluding carboxylic acids is 2. The Kier molecular flexibility index (Phi) is 6.42. The van der Waals surface area contributed by atoms with Crippen molar-refractivity contribution < 1.29 is 14.3 Å². The molecule has 0 bridgehead atoms. The van der Waals surface area contributed by atoms with Crippen LogP contribution in [0, 0.1) is 26.7 Å². The zero-order valence-electron chi connectivity index (χ0n) is 15.7. The Bertz CT molecular complexity index is 807. The minimum Gasteiger partial charge on any atom is -0.452 e. The highest BCUT2D eigenvalue weighted by atomic mass is 35.5. The predicted octanol–water partition coefficient (Wildman–Crippen LogP) is 3.91. The van der Waals surface area contributed by atoms with Crippen molar-refractivity contribution >= 4 is 29.2 Å². The van der Waals surface area contributed by atoms with Gasteiger partial charge in [-0.15, -0.1) is 0 Å². The Balaban J connectivity index is 2.03. The van der Waals surface area contributed by atoms with Crippen LogP contribution in [0.1, 0.15) is 41.0 Å². The molecular formula is C19H24ClN3O3. The largest absolute Gasteiger partial charge is 0.452 e. The van der Waals surface area contributed by atoms with E-state index in [4.69, 9.17) is 16.3 Å². The topological polar surface area (TPSA) is 73.2 Å². The van der Waals surface area contributed by atoms with Gasteiger partial charge in [-0.05, 0) is 37.8 Å². The molecule has 0 atom stereocenters. The summed E-state index contributed by atoms with van der Waals surface area (Å²) in [6, 6.07) is 5.72. The van der Waals surface area contributed by atoms with Crippen molar-refractivity contribution in [1.29, 1.82) is 0 Å². The second kappa shape index (κ2) is 8.36. The van der Waals surface area contributed by atoms with Crippen molar-refractivity contribution in [1.82, 2.24) is 9.78 Å². The molecule has 0 aliphatic rings. The lowest BCUT2D eigenvalue weighted by Crippen LogP contribution is -2.22. The third-order valence-electron chi connectivity index (χ3n) is 3.89. The van der Waals surface area contributed by atoms with Crippen LogP contribution in [0.2, 0.25) is 5.15 Å². The molecule has 1 N–H and O–H groups in total. The fraction of sp³-hybridized carbons (Fsp3) is 0.421. The predicted molar refractivity (Wildman–Crippen MR) is 102 cm³/mol. The summed E-state index contributed by atoms with van der Waals surface area (Å²) < 4.78 is 6.71. The zero-order chi connectivity index (χ0) is 19.4. The molecule has 1 amide bonds. The molecule has 6 nitrogen and oxygen atoms in total. The van der Waals surface area contributed by atoms with Gasteiger partial charge in [0.1, 0.15) is 10.7 Å². The number of aromatic nitrogens is 2. The number of para-hydroxylation sites is 1. The van der Waals surface area contributed by atoms with Gasteiger partial charge in [0.2, 0.25) is 0 Å². The number of esters is 1. The molecule has 0 aliphatic heterocycles. The van der Waals surface area contributed by atoms with Gasteiger partial charge in [-0.25, -0.2) is 4.79 Å².